The van der Waals surface area contributed by atoms with Crippen LogP contribution in [0.3, 0.4) is 0 Å². The fourth-order valence-electron chi connectivity index (χ4n) is 1.85. The first-order valence-electron chi connectivity index (χ1n) is 5.40. The van der Waals surface area contributed by atoms with Crippen LogP contribution in [0.5, 0.6) is 0 Å². The Kier molecular flexibility index (Phi) is 3.37. The van der Waals surface area contributed by atoms with Crippen molar-refractivity contribution in [3.05, 3.63) is 53.7 Å². The van der Waals surface area contributed by atoms with Gasteiger partial charge in [0.2, 0.25) is 0 Å². The molecule has 2 rings (SSSR count). The van der Waals surface area contributed by atoms with Gasteiger partial charge in [-0.2, -0.15) is 0 Å². The Morgan fingerprint density at radius 3 is 2.94 bits per heavy atom. The zero-order chi connectivity index (χ0) is 11.4. The van der Waals surface area contributed by atoms with E-state index in [4.69, 9.17) is 4.42 Å². The van der Waals surface area contributed by atoms with Crippen molar-refractivity contribution >= 4 is 0 Å². The normalized spacial score (nSPS) is 12.6. The van der Waals surface area contributed by atoms with Crippen LogP contribution in [0.1, 0.15) is 22.7 Å². The van der Waals surface area contributed by atoms with E-state index in [2.05, 4.69) is 17.2 Å². The number of nitrogens with zero attached hydrogens (tertiary/aromatic N) is 1. The lowest BCUT2D eigenvalue weighted by molar-refractivity contribution is 0.550. The molecular weight excluding hydrogens is 200 g/mol. The number of furan rings is 1. The van der Waals surface area contributed by atoms with Gasteiger partial charge in [0.25, 0.3) is 0 Å². The average molecular weight is 216 g/mol. The fraction of sp³-hybridized carbons (Fsp3) is 0.308. The summed E-state index contributed by atoms with van der Waals surface area (Å²) < 4.78 is 5.08. The van der Waals surface area contributed by atoms with E-state index in [-0.39, 0.29) is 6.04 Å². The van der Waals surface area contributed by atoms with Crippen LogP contribution in [-0.2, 0) is 6.42 Å². The van der Waals surface area contributed by atoms with Crippen molar-refractivity contribution in [3.63, 3.8) is 0 Å². The Balaban J connectivity index is 2.20. The highest BCUT2D eigenvalue weighted by atomic mass is 16.3. The summed E-state index contributed by atoms with van der Waals surface area (Å²) in [5.41, 5.74) is 3.70. The summed E-state index contributed by atoms with van der Waals surface area (Å²) in [6.07, 6.45) is 8.16. The molecule has 0 aromatic carbocycles. The topological polar surface area (TPSA) is 38.1 Å². The number of aryl methyl sites for hydroxylation is 1. The lowest BCUT2D eigenvalue weighted by Crippen LogP contribution is -2.19. The number of hydrogen-bond acceptors (Lipinski definition) is 3. The van der Waals surface area contributed by atoms with Gasteiger partial charge >= 0.3 is 0 Å². The lowest BCUT2D eigenvalue weighted by atomic mass is 9.99. The molecule has 2 heterocycles. The zero-order valence-electron chi connectivity index (χ0n) is 9.60. The van der Waals surface area contributed by atoms with Gasteiger partial charge in [0.15, 0.2) is 0 Å². The molecule has 0 bridgehead atoms. The van der Waals surface area contributed by atoms with Crippen LogP contribution in [-0.4, -0.2) is 12.0 Å². The molecule has 84 valence electrons. The number of pyridine rings is 1. The number of nitrogens with one attached hydrogen (secondary N) is 1. The summed E-state index contributed by atoms with van der Waals surface area (Å²) in [6, 6.07) is 4.32. The molecule has 0 aliphatic rings. The summed E-state index contributed by atoms with van der Waals surface area (Å²) in [4.78, 5) is 4.18. The van der Waals surface area contributed by atoms with Crippen molar-refractivity contribution in [2.75, 3.05) is 7.05 Å². The van der Waals surface area contributed by atoms with Crippen molar-refractivity contribution in [2.24, 2.45) is 0 Å². The highest BCUT2D eigenvalue weighted by molar-refractivity contribution is 5.26. The minimum atomic E-state index is 0.284. The maximum atomic E-state index is 5.08. The third-order valence-electron chi connectivity index (χ3n) is 2.82. The Hall–Kier alpha value is -1.61. The molecule has 0 amide bonds. The molecule has 3 heteroatoms. The van der Waals surface area contributed by atoms with Gasteiger partial charge in [0.05, 0.1) is 12.5 Å². The first-order valence-corrected chi connectivity index (χ1v) is 5.40. The Morgan fingerprint density at radius 1 is 1.44 bits per heavy atom. The number of likely N-dealkylation sites (N-methyl/N-ethyl adjacent to an activating group) is 1. The predicted octanol–water partition coefficient (Wildman–Crippen LogP) is 2.49. The molecule has 1 unspecified atom stereocenters. The van der Waals surface area contributed by atoms with Crippen molar-refractivity contribution in [2.45, 2.75) is 19.4 Å². The van der Waals surface area contributed by atoms with E-state index < -0.39 is 0 Å². The van der Waals surface area contributed by atoms with Crippen LogP contribution < -0.4 is 5.32 Å². The third-order valence-corrected chi connectivity index (χ3v) is 2.82. The van der Waals surface area contributed by atoms with Crippen LogP contribution in [0.4, 0.5) is 0 Å². The third kappa shape index (κ3) is 2.31. The smallest absolute Gasteiger partial charge is 0.0935 e. The summed E-state index contributed by atoms with van der Waals surface area (Å²) in [5.74, 6) is 0. The van der Waals surface area contributed by atoms with Gasteiger partial charge in [-0.05, 0) is 49.2 Å². The maximum absolute atomic E-state index is 5.08. The fourth-order valence-corrected chi connectivity index (χ4v) is 1.85. The number of rotatable bonds is 4. The Labute approximate surface area is 95.5 Å². The minimum absolute atomic E-state index is 0.284. The van der Waals surface area contributed by atoms with Crippen LogP contribution in [0.15, 0.2) is 41.5 Å². The van der Waals surface area contributed by atoms with E-state index in [9.17, 15) is 0 Å². The molecule has 0 fully saturated rings. The lowest BCUT2D eigenvalue weighted by Gasteiger charge is -2.17. The van der Waals surface area contributed by atoms with E-state index >= 15 is 0 Å². The first kappa shape index (κ1) is 10.9. The second-order valence-corrected chi connectivity index (χ2v) is 3.91. The number of hydrogen-bond donors (Lipinski definition) is 1. The Bertz CT molecular complexity index is 437. The second kappa shape index (κ2) is 4.94. The van der Waals surface area contributed by atoms with E-state index in [1.54, 1.807) is 12.5 Å². The highest BCUT2D eigenvalue weighted by Crippen LogP contribution is 2.20. The van der Waals surface area contributed by atoms with Crippen molar-refractivity contribution in [1.82, 2.24) is 10.3 Å². The van der Waals surface area contributed by atoms with Gasteiger partial charge in [0, 0.05) is 18.4 Å². The van der Waals surface area contributed by atoms with E-state index in [1.165, 1.54) is 16.7 Å². The molecule has 0 aliphatic heterocycles. The number of aromatic nitrogens is 1. The average Bonchev–Trinajstić information content (AvgIpc) is 2.80. The molecule has 16 heavy (non-hydrogen) atoms. The standard InChI is InChI=1S/C13H16N2O/c1-10-3-5-15-8-12(10)13(14-2)7-11-4-6-16-9-11/h3-6,8-9,13-14H,7H2,1-2H3. The predicted molar refractivity (Wildman–Crippen MR) is 63.2 cm³/mol. The van der Waals surface area contributed by atoms with Crippen molar-refractivity contribution in [1.29, 1.82) is 0 Å². The maximum Gasteiger partial charge on any atom is 0.0935 e. The molecular formula is C13H16N2O. The molecule has 0 spiro atoms. The summed E-state index contributed by atoms with van der Waals surface area (Å²) >= 11 is 0. The molecule has 0 saturated heterocycles. The second-order valence-electron chi connectivity index (χ2n) is 3.91. The van der Waals surface area contributed by atoms with Gasteiger partial charge in [-0.3, -0.25) is 4.98 Å². The van der Waals surface area contributed by atoms with Gasteiger partial charge in [-0.1, -0.05) is 0 Å². The van der Waals surface area contributed by atoms with Gasteiger partial charge < -0.3 is 9.73 Å². The molecule has 2 aromatic heterocycles. The molecule has 0 aliphatic carbocycles. The summed E-state index contributed by atoms with van der Waals surface area (Å²) in [5, 5.41) is 3.32. The van der Waals surface area contributed by atoms with Crippen molar-refractivity contribution < 1.29 is 4.42 Å². The van der Waals surface area contributed by atoms with Crippen LogP contribution >= 0.6 is 0 Å². The molecule has 2 aromatic rings. The van der Waals surface area contributed by atoms with Crippen LogP contribution in [0.2, 0.25) is 0 Å². The Morgan fingerprint density at radius 2 is 2.31 bits per heavy atom. The molecule has 3 nitrogen and oxygen atoms in total. The summed E-state index contributed by atoms with van der Waals surface area (Å²) in [7, 11) is 1.97. The molecule has 0 saturated carbocycles. The SMILES string of the molecule is CNC(Cc1ccoc1)c1cnccc1C. The monoisotopic (exact) mass is 216 g/mol. The van der Waals surface area contributed by atoms with Gasteiger partial charge in [0.1, 0.15) is 0 Å². The van der Waals surface area contributed by atoms with E-state index in [0.717, 1.165) is 6.42 Å². The largest absolute Gasteiger partial charge is 0.472 e. The zero-order valence-corrected chi connectivity index (χ0v) is 9.60. The van der Waals surface area contributed by atoms with Crippen LogP contribution in [0.25, 0.3) is 0 Å². The first-order chi connectivity index (χ1) is 7.81. The van der Waals surface area contributed by atoms with Crippen LogP contribution in [0, 0.1) is 6.92 Å². The van der Waals surface area contributed by atoms with Gasteiger partial charge in [-0.15, -0.1) is 0 Å². The molecule has 0 radical (unpaired) electrons. The van der Waals surface area contributed by atoms with E-state index in [0.29, 0.717) is 0 Å². The highest BCUT2D eigenvalue weighted by Gasteiger charge is 2.12. The minimum Gasteiger partial charge on any atom is -0.472 e. The molecule has 1 N–H and O–H groups in total. The van der Waals surface area contributed by atoms with E-state index in [1.807, 2.05) is 31.6 Å². The summed E-state index contributed by atoms with van der Waals surface area (Å²) in [6.45, 7) is 2.11. The quantitative estimate of drug-likeness (QED) is 0.853. The molecule has 1 atom stereocenters. The van der Waals surface area contributed by atoms with Crippen molar-refractivity contribution in [3.8, 4) is 0 Å². The van der Waals surface area contributed by atoms with Gasteiger partial charge in [-0.25, -0.2) is 0 Å².